The van der Waals surface area contributed by atoms with E-state index in [1.165, 1.54) is 151 Å². The maximum absolute atomic E-state index is 15.0. The van der Waals surface area contributed by atoms with Gasteiger partial charge in [0.05, 0.1) is 42.5 Å². The second kappa shape index (κ2) is 29.2. The number of thiazole rings is 2. The number of carbonyl (C=O) groups is 2. The zero-order chi connectivity index (χ0) is 41.4. The molecule has 57 heavy (non-hydrogen) atoms. The minimum absolute atomic E-state index is 0.0552. The Hall–Kier alpha value is -1.15. The molecule has 13 heteroatoms. The van der Waals surface area contributed by atoms with E-state index in [1.54, 1.807) is 12.4 Å². The molecule has 2 atom stereocenters. The van der Waals surface area contributed by atoms with Gasteiger partial charge >= 0.3 is 24.8 Å². The van der Waals surface area contributed by atoms with Gasteiger partial charge in [0.1, 0.15) is 10.0 Å². The minimum atomic E-state index is -0.0552. The zero-order valence-electron chi connectivity index (χ0n) is 35.3. The van der Waals surface area contributed by atoms with E-state index in [0.29, 0.717) is 47.5 Å². The van der Waals surface area contributed by atoms with Gasteiger partial charge in [0, 0.05) is 13.1 Å². The SMILES string of the molecule is CCCCCCCCC(CCCCCC)CN1C(=O)C2=C(c3ncc(Br)s3)N(CC(CCCCCC)CCCCCCCC)C(=O)C2=C1c1ncc(Br)s1.[B]=NS. The third-order valence-electron chi connectivity index (χ3n) is 11.3. The molecule has 0 aromatic carbocycles. The molecule has 2 aliphatic heterocycles. The Morgan fingerprint density at radius 3 is 1.14 bits per heavy atom. The van der Waals surface area contributed by atoms with Crippen molar-refractivity contribution in [1.29, 1.82) is 0 Å². The number of amides is 2. The quantitative estimate of drug-likeness (QED) is 0.0481. The molecule has 0 saturated carbocycles. The molecule has 7 nitrogen and oxygen atoms in total. The zero-order valence-corrected chi connectivity index (χ0v) is 41.0. The summed E-state index contributed by atoms with van der Waals surface area (Å²) in [5.41, 5.74) is 2.50. The maximum atomic E-state index is 15.0. The molecule has 2 amide bonds. The number of unbranched alkanes of at least 4 members (excludes halogenated alkanes) is 16. The average Bonchev–Trinajstić information content (AvgIpc) is 3.96. The van der Waals surface area contributed by atoms with Gasteiger partial charge < -0.3 is 9.80 Å². The normalized spacial score (nSPS) is 15.1. The van der Waals surface area contributed by atoms with E-state index >= 15 is 9.59 Å². The number of rotatable bonds is 30. The van der Waals surface area contributed by atoms with E-state index < -0.39 is 0 Å². The Kier molecular flexibility index (Phi) is 25.7. The first-order valence-electron chi connectivity index (χ1n) is 22.2. The second-order valence-corrected chi connectivity index (χ2v) is 20.9. The molecule has 0 aliphatic carbocycles. The summed E-state index contributed by atoms with van der Waals surface area (Å²) in [7, 11) is 4.34. The van der Waals surface area contributed by atoms with E-state index in [-0.39, 0.29) is 11.8 Å². The van der Waals surface area contributed by atoms with Crippen LogP contribution in [0.2, 0.25) is 0 Å². The van der Waals surface area contributed by atoms with Gasteiger partial charge in [-0.05, 0) is 69.4 Å². The Labute approximate surface area is 377 Å². The van der Waals surface area contributed by atoms with Crippen LogP contribution in [0.3, 0.4) is 0 Å². The Morgan fingerprint density at radius 1 is 0.579 bits per heavy atom. The van der Waals surface area contributed by atoms with Crippen molar-refractivity contribution in [3.05, 3.63) is 41.1 Å². The van der Waals surface area contributed by atoms with Crippen LogP contribution >= 0.6 is 67.3 Å². The number of hydrogen-bond donors (Lipinski definition) is 1. The molecule has 4 heterocycles. The number of thiol groups is 1. The third-order valence-corrected chi connectivity index (χ3v) is 14.3. The molecule has 1 radical (unpaired) electrons. The van der Waals surface area contributed by atoms with Crippen molar-refractivity contribution >= 4 is 98.2 Å². The van der Waals surface area contributed by atoms with E-state index in [0.717, 1.165) is 43.3 Å². The van der Waals surface area contributed by atoms with Gasteiger partial charge in [0.15, 0.2) is 0 Å². The molecule has 317 valence electrons. The van der Waals surface area contributed by atoms with Crippen LogP contribution < -0.4 is 0 Å². The number of aromatic nitrogens is 2. The van der Waals surface area contributed by atoms with Crippen LogP contribution in [0.4, 0.5) is 0 Å². The van der Waals surface area contributed by atoms with Gasteiger partial charge in [-0.3, -0.25) is 9.59 Å². The molecule has 0 saturated heterocycles. The summed E-state index contributed by atoms with van der Waals surface area (Å²) in [5, 5.41) is 1.48. The summed E-state index contributed by atoms with van der Waals surface area (Å²) >= 11 is 13.5. The van der Waals surface area contributed by atoms with Gasteiger partial charge in [0.2, 0.25) is 0 Å². The topological polar surface area (TPSA) is 78.8 Å². The van der Waals surface area contributed by atoms with Crippen molar-refractivity contribution in [1.82, 2.24) is 19.8 Å². The summed E-state index contributed by atoms with van der Waals surface area (Å²) in [5.74, 6) is 0.647. The van der Waals surface area contributed by atoms with Crippen molar-refractivity contribution in [3.63, 3.8) is 0 Å². The predicted molar refractivity (Wildman–Crippen MR) is 255 cm³/mol. The average molecular weight is 967 g/mol. The monoisotopic (exact) mass is 964 g/mol. The molecule has 4 rings (SSSR count). The number of fused-ring (bicyclic) bond motifs is 1. The molecule has 2 aromatic heterocycles. The first-order chi connectivity index (χ1) is 27.8. The number of hydrogen-bond acceptors (Lipinski definition) is 8. The Balaban J connectivity index is 0.00000281. The molecule has 0 N–H and O–H groups in total. The third kappa shape index (κ3) is 16.3. The van der Waals surface area contributed by atoms with Crippen molar-refractivity contribution in [2.24, 2.45) is 16.1 Å². The van der Waals surface area contributed by atoms with Crippen LogP contribution in [0.15, 0.2) is 35.4 Å². The van der Waals surface area contributed by atoms with Gasteiger partial charge in [0.25, 0.3) is 11.8 Å². The fraction of sp³-hybridized carbons (Fsp3) is 0.727. The molecule has 2 aliphatic rings. The van der Waals surface area contributed by atoms with Crippen LogP contribution in [0.1, 0.15) is 192 Å². The van der Waals surface area contributed by atoms with Crippen molar-refractivity contribution in [2.75, 3.05) is 13.1 Å². The summed E-state index contributed by atoms with van der Waals surface area (Å²) in [4.78, 5) is 43.5. The van der Waals surface area contributed by atoms with Crippen molar-refractivity contribution in [3.8, 4) is 0 Å². The summed E-state index contributed by atoms with van der Waals surface area (Å²) < 4.78 is 4.49. The molecule has 0 spiro atoms. The molecular weight excluding hydrogens is 897 g/mol. The summed E-state index contributed by atoms with van der Waals surface area (Å²) in [6, 6.07) is 0. The number of carbonyl (C=O) groups excluding carboxylic acids is 2. The fourth-order valence-electron chi connectivity index (χ4n) is 8.23. The van der Waals surface area contributed by atoms with Crippen LogP contribution in [0.25, 0.3) is 11.4 Å². The van der Waals surface area contributed by atoms with Crippen LogP contribution in [0.5, 0.6) is 0 Å². The van der Waals surface area contributed by atoms with Crippen LogP contribution in [-0.4, -0.2) is 52.3 Å². The summed E-state index contributed by atoms with van der Waals surface area (Å²) in [6.07, 6.45) is 32.9. The van der Waals surface area contributed by atoms with Crippen LogP contribution in [-0.2, 0) is 9.59 Å². The predicted octanol–water partition coefficient (Wildman–Crippen LogP) is 14.8. The number of nitrogens with zero attached hydrogens (tertiary/aromatic N) is 5. The second-order valence-electron chi connectivity index (χ2n) is 15.9. The van der Waals surface area contributed by atoms with Crippen LogP contribution in [0, 0.1) is 11.8 Å². The number of halogens is 2. The molecule has 2 aromatic rings. The van der Waals surface area contributed by atoms with Gasteiger partial charge in [-0.15, -0.1) is 22.7 Å². The first kappa shape index (κ1) is 50.2. The van der Waals surface area contributed by atoms with Gasteiger partial charge in [-0.1, -0.05) is 156 Å². The molecule has 2 unspecified atom stereocenters. The summed E-state index contributed by atoms with van der Waals surface area (Å²) in [6.45, 7) is 10.3. The molecule has 0 fully saturated rings. The van der Waals surface area contributed by atoms with E-state index in [4.69, 9.17) is 9.97 Å². The van der Waals surface area contributed by atoms with E-state index in [2.05, 4.69) is 84.3 Å². The van der Waals surface area contributed by atoms with E-state index in [9.17, 15) is 0 Å². The Morgan fingerprint density at radius 2 is 0.860 bits per heavy atom. The Bertz CT molecular complexity index is 1450. The standard InChI is InChI=1S/C44H68Br2N4O2S2.BHNS/c1-5-9-13-17-19-23-27-33(25-21-15-11-7-3)31-49-39(41-47-29-35(45)53-41)37-38(43(49)51)40(42-48-30-36(46)54-42)50(44(37)52)32-34(26-22-16-12-8-4)28-24-20-18-14-10-6-2;1-2-3/h29-30,33-34H,5-28,31-32H2,1-4H3;3H. The molecule has 0 bridgehead atoms. The van der Waals surface area contributed by atoms with Crippen molar-refractivity contribution < 1.29 is 9.59 Å². The van der Waals surface area contributed by atoms with E-state index in [1.807, 2.05) is 9.80 Å². The van der Waals surface area contributed by atoms with Gasteiger partial charge in [-0.2, -0.15) is 0 Å². The first-order valence-corrected chi connectivity index (χ1v) is 25.8. The van der Waals surface area contributed by atoms with Gasteiger partial charge in [-0.25, -0.2) is 9.97 Å². The fourth-order valence-corrected chi connectivity index (χ4v) is 10.8. The van der Waals surface area contributed by atoms with Crippen molar-refractivity contribution in [2.45, 2.75) is 182 Å². The molecular formula is C44H69BBr2N5O2S3.